The van der Waals surface area contributed by atoms with Gasteiger partial charge < -0.3 is 19.5 Å². The molecule has 1 amide bonds. The topological polar surface area (TPSA) is 59.0 Å². The summed E-state index contributed by atoms with van der Waals surface area (Å²) in [5.74, 6) is 0.517. The third kappa shape index (κ3) is 2.47. The normalized spacial score (nSPS) is 21.8. The van der Waals surface area contributed by atoms with Gasteiger partial charge in [-0.3, -0.25) is 4.79 Å². The lowest BCUT2D eigenvalue weighted by Gasteiger charge is -2.32. The van der Waals surface area contributed by atoms with E-state index < -0.39 is 12.2 Å². The fourth-order valence-electron chi connectivity index (χ4n) is 1.92. The lowest BCUT2D eigenvalue weighted by atomic mass is 10.0. The molecule has 1 aliphatic rings. The Kier molecular flexibility index (Phi) is 3.84. The van der Waals surface area contributed by atoms with Crippen molar-refractivity contribution < 1.29 is 19.4 Å². The number of methoxy groups -OCH3 is 1. The minimum absolute atomic E-state index is 0.190. The van der Waals surface area contributed by atoms with Gasteiger partial charge in [-0.2, -0.15) is 0 Å². The predicted octanol–water partition coefficient (Wildman–Crippen LogP) is 0.586. The Labute approximate surface area is 106 Å². The largest absolute Gasteiger partial charge is 0.497 e. The molecule has 2 atom stereocenters. The average Bonchev–Trinajstić information content (AvgIpc) is 2.41. The second-order valence-electron chi connectivity index (χ2n) is 4.27. The molecule has 0 aliphatic carbocycles. The van der Waals surface area contributed by atoms with Crippen molar-refractivity contribution in [1.82, 2.24) is 4.90 Å². The first-order valence-corrected chi connectivity index (χ1v) is 5.82. The van der Waals surface area contributed by atoms with Crippen LogP contribution in [0.5, 0.6) is 5.75 Å². The molecular formula is C13H17NO4. The SMILES string of the molecule is COc1ccc([C@H](O)[C@@H]2OCCN(C)C2=O)cc1. The highest BCUT2D eigenvalue weighted by molar-refractivity contribution is 5.82. The summed E-state index contributed by atoms with van der Waals surface area (Å²) < 4.78 is 10.4. The molecule has 1 aliphatic heterocycles. The zero-order valence-electron chi connectivity index (χ0n) is 10.5. The first-order valence-electron chi connectivity index (χ1n) is 5.82. The first kappa shape index (κ1) is 12.9. The molecule has 0 bridgehead atoms. The molecule has 2 rings (SSSR count). The van der Waals surface area contributed by atoms with E-state index in [9.17, 15) is 9.90 Å². The van der Waals surface area contributed by atoms with Crippen molar-refractivity contribution in [1.29, 1.82) is 0 Å². The summed E-state index contributed by atoms with van der Waals surface area (Å²) in [5.41, 5.74) is 0.643. The Hall–Kier alpha value is -1.59. The van der Waals surface area contributed by atoms with Crippen molar-refractivity contribution in [2.75, 3.05) is 27.3 Å². The first-order chi connectivity index (χ1) is 8.63. The van der Waals surface area contributed by atoms with Crippen LogP contribution in [0.1, 0.15) is 11.7 Å². The maximum absolute atomic E-state index is 11.9. The van der Waals surface area contributed by atoms with E-state index in [4.69, 9.17) is 9.47 Å². The van der Waals surface area contributed by atoms with Gasteiger partial charge in [-0.25, -0.2) is 0 Å². The van der Waals surface area contributed by atoms with Crippen molar-refractivity contribution in [2.24, 2.45) is 0 Å². The van der Waals surface area contributed by atoms with Crippen molar-refractivity contribution in [2.45, 2.75) is 12.2 Å². The number of benzene rings is 1. The van der Waals surface area contributed by atoms with E-state index in [0.717, 1.165) is 0 Å². The fraction of sp³-hybridized carbons (Fsp3) is 0.462. The van der Waals surface area contributed by atoms with Crippen LogP contribution >= 0.6 is 0 Å². The van der Waals surface area contributed by atoms with Gasteiger partial charge in [-0.05, 0) is 17.7 Å². The number of nitrogens with zero attached hydrogens (tertiary/aromatic N) is 1. The Morgan fingerprint density at radius 2 is 2.11 bits per heavy atom. The van der Waals surface area contributed by atoms with Gasteiger partial charge in [-0.15, -0.1) is 0 Å². The van der Waals surface area contributed by atoms with Crippen molar-refractivity contribution in [3.8, 4) is 5.75 Å². The summed E-state index contributed by atoms with van der Waals surface area (Å²) in [5, 5.41) is 10.2. The number of aliphatic hydroxyl groups excluding tert-OH is 1. The smallest absolute Gasteiger partial charge is 0.254 e. The van der Waals surface area contributed by atoms with E-state index >= 15 is 0 Å². The minimum atomic E-state index is -0.953. The highest BCUT2D eigenvalue weighted by atomic mass is 16.5. The molecule has 0 aromatic heterocycles. The molecular weight excluding hydrogens is 234 g/mol. The van der Waals surface area contributed by atoms with Crippen LogP contribution < -0.4 is 4.74 Å². The van der Waals surface area contributed by atoms with Gasteiger partial charge >= 0.3 is 0 Å². The number of morpholine rings is 1. The highest BCUT2D eigenvalue weighted by Crippen LogP contribution is 2.24. The number of ether oxygens (including phenoxy) is 2. The summed E-state index contributed by atoms with van der Waals surface area (Å²) in [4.78, 5) is 13.4. The van der Waals surface area contributed by atoms with E-state index in [0.29, 0.717) is 24.5 Å². The lowest BCUT2D eigenvalue weighted by molar-refractivity contribution is -0.161. The quantitative estimate of drug-likeness (QED) is 0.854. The van der Waals surface area contributed by atoms with Gasteiger partial charge in [0.1, 0.15) is 11.9 Å². The Bertz CT molecular complexity index is 418. The second kappa shape index (κ2) is 5.37. The number of amides is 1. The van der Waals surface area contributed by atoms with Gasteiger partial charge in [0.05, 0.1) is 13.7 Å². The molecule has 1 fully saturated rings. The number of likely N-dealkylation sites (N-methyl/N-ethyl adjacent to an activating group) is 1. The molecule has 0 spiro atoms. The molecule has 18 heavy (non-hydrogen) atoms. The lowest BCUT2D eigenvalue weighted by Crippen LogP contribution is -2.48. The molecule has 1 saturated heterocycles. The predicted molar refractivity (Wildman–Crippen MR) is 65.3 cm³/mol. The van der Waals surface area contributed by atoms with Crippen LogP contribution in [-0.4, -0.2) is 49.3 Å². The molecule has 5 heteroatoms. The molecule has 1 heterocycles. The standard InChI is InChI=1S/C13H17NO4/c1-14-7-8-18-12(13(14)16)11(15)9-3-5-10(17-2)6-4-9/h3-6,11-12,15H,7-8H2,1-2H3/t11-,12-/m0/s1. The molecule has 1 N–H and O–H groups in total. The zero-order valence-corrected chi connectivity index (χ0v) is 10.5. The molecule has 0 unspecified atom stereocenters. The summed E-state index contributed by atoms with van der Waals surface area (Å²) in [6, 6.07) is 6.95. The van der Waals surface area contributed by atoms with Crippen LogP contribution in [0.4, 0.5) is 0 Å². The van der Waals surface area contributed by atoms with Crippen LogP contribution in [0.3, 0.4) is 0 Å². The third-order valence-corrected chi connectivity index (χ3v) is 3.09. The highest BCUT2D eigenvalue weighted by Gasteiger charge is 2.34. The van der Waals surface area contributed by atoms with Gasteiger partial charge in [0.2, 0.25) is 0 Å². The van der Waals surface area contributed by atoms with E-state index in [2.05, 4.69) is 0 Å². The van der Waals surface area contributed by atoms with Crippen LogP contribution in [0.25, 0.3) is 0 Å². The number of carbonyl (C=O) groups is 1. The number of carbonyl (C=O) groups excluding carboxylic acids is 1. The van der Waals surface area contributed by atoms with E-state index in [1.807, 2.05) is 0 Å². The van der Waals surface area contributed by atoms with Crippen LogP contribution in [0.15, 0.2) is 24.3 Å². The summed E-state index contributed by atoms with van der Waals surface area (Å²) in [7, 11) is 3.28. The van der Waals surface area contributed by atoms with Crippen LogP contribution in [0.2, 0.25) is 0 Å². The maximum Gasteiger partial charge on any atom is 0.254 e. The third-order valence-electron chi connectivity index (χ3n) is 3.09. The second-order valence-corrected chi connectivity index (χ2v) is 4.27. The molecule has 98 valence electrons. The zero-order chi connectivity index (χ0) is 13.1. The van der Waals surface area contributed by atoms with Crippen molar-refractivity contribution in [3.05, 3.63) is 29.8 Å². The monoisotopic (exact) mass is 251 g/mol. The van der Waals surface area contributed by atoms with Gasteiger partial charge in [0.15, 0.2) is 6.10 Å². The molecule has 5 nitrogen and oxygen atoms in total. The molecule has 0 saturated carbocycles. The summed E-state index contributed by atoms with van der Waals surface area (Å²) in [6.07, 6.45) is -1.77. The Morgan fingerprint density at radius 1 is 1.44 bits per heavy atom. The average molecular weight is 251 g/mol. The Balaban J connectivity index is 2.14. The van der Waals surface area contributed by atoms with Gasteiger partial charge in [0, 0.05) is 13.6 Å². The summed E-state index contributed by atoms with van der Waals surface area (Å²) >= 11 is 0. The molecule has 0 radical (unpaired) electrons. The Morgan fingerprint density at radius 3 is 2.72 bits per heavy atom. The van der Waals surface area contributed by atoms with Crippen molar-refractivity contribution in [3.63, 3.8) is 0 Å². The number of aliphatic hydroxyl groups is 1. The van der Waals surface area contributed by atoms with E-state index in [1.165, 1.54) is 0 Å². The van der Waals surface area contributed by atoms with E-state index in [1.54, 1.807) is 43.3 Å². The van der Waals surface area contributed by atoms with Gasteiger partial charge in [-0.1, -0.05) is 12.1 Å². The molecule has 1 aromatic rings. The van der Waals surface area contributed by atoms with Crippen LogP contribution in [0, 0.1) is 0 Å². The number of hydrogen-bond acceptors (Lipinski definition) is 4. The van der Waals surface area contributed by atoms with Crippen molar-refractivity contribution >= 4 is 5.91 Å². The summed E-state index contributed by atoms with van der Waals surface area (Å²) in [6.45, 7) is 1.00. The van der Waals surface area contributed by atoms with Crippen LogP contribution in [-0.2, 0) is 9.53 Å². The van der Waals surface area contributed by atoms with Gasteiger partial charge in [0.25, 0.3) is 5.91 Å². The maximum atomic E-state index is 11.9. The van der Waals surface area contributed by atoms with E-state index in [-0.39, 0.29) is 5.91 Å². The molecule has 1 aromatic carbocycles. The number of hydrogen-bond donors (Lipinski definition) is 1. The fourth-order valence-corrected chi connectivity index (χ4v) is 1.92. The minimum Gasteiger partial charge on any atom is -0.497 e. The number of rotatable bonds is 3.